The smallest absolute Gasteiger partial charge is 0.143 e. The van der Waals surface area contributed by atoms with Gasteiger partial charge < -0.3 is 0 Å². The molecule has 0 heterocycles. The maximum Gasteiger partial charge on any atom is 0.143 e. The molecule has 0 radical (unpaired) electrons. The summed E-state index contributed by atoms with van der Waals surface area (Å²) in [6, 6.07) is 0. The molecule has 1 saturated carbocycles. The first kappa shape index (κ1) is 10.7. The standard InChI is InChI=1S/C11H16OS/c1-2-3-6-10(12)9-13-11-7-4-5-8-11/h1,11H,3-9H2. The summed E-state index contributed by atoms with van der Waals surface area (Å²) in [5, 5.41) is 0.745. The lowest BCUT2D eigenvalue weighted by Crippen LogP contribution is -2.05. The molecule has 1 rings (SSSR count). The van der Waals surface area contributed by atoms with Crippen molar-refractivity contribution < 1.29 is 4.79 Å². The zero-order valence-electron chi connectivity index (χ0n) is 7.92. The molecule has 72 valence electrons. The van der Waals surface area contributed by atoms with E-state index in [2.05, 4.69) is 5.92 Å². The highest BCUT2D eigenvalue weighted by atomic mass is 32.2. The van der Waals surface area contributed by atoms with Crippen molar-refractivity contribution in [2.75, 3.05) is 5.75 Å². The minimum Gasteiger partial charge on any atom is -0.299 e. The van der Waals surface area contributed by atoms with Crippen molar-refractivity contribution in [2.45, 2.75) is 43.8 Å². The van der Waals surface area contributed by atoms with Gasteiger partial charge in [-0.2, -0.15) is 11.8 Å². The second kappa shape index (κ2) is 6.10. The van der Waals surface area contributed by atoms with Gasteiger partial charge in [0.2, 0.25) is 0 Å². The summed E-state index contributed by atoms with van der Waals surface area (Å²) in [6.45, 7) is 0. The first-order chi connectivity index (χ1) is 6.33. The van der Waals surface area contributed by atoms with E-state index in [1.54, 1.807) is 0 Å². The van der Waals surface area contributed by atoms with Gasteiger partial charge in [-0.15, -0.1) is 12.3 Å². The first-order valence-electron chi connectivity index (χ1n) is 4.89. The monoisotopic (exact) mass is 196 g/mol. The molecule has 0 saturated heterocycles. The van der Waals surface area contributed by atoms with E-state index >= 15 is 0 Å². The predicted octanol–water partition coefficient (Wildman–Crippen LogP) is 2.64. The molecular weight excluding hydrogens is 180 g/mol. The number of carbonyl (C=O) groups is 1. The minimum atomic E-state index is 0.315. The first-order valence-corrected chi connectivity index (χ1v) is 5.94. The van der Waals surface area contributed by atoms with Crippen molar-refractivity contribution >= 4 is 17.5 Å². The van der Waals surface area contributed by atoms with Gasteiger partial charge in [0.05, 0.1) is 5.75 Å². The number of thioether (sulfide) groups is 1. The highest BCUT2D eigenvalue weighted by Crippen LogP contribution is 2.29. The van der Waals surface area contributed by atoms with E-state index in [-0.39, 0.29) is 0 Å². The fraction of sp³-hybridized carbons (Fsp3) is 0.727. The second-order valence-electron chi connectivity index (χ2n) is 3.46. The third kappa shape index (κ3) is 4.38. The van der Waals surface area contributed by atoms with Crippen molar-refractivity contribution in [1.82, 2.24) is 0 Å². The number of hydrogen-bond donors (Lipinski definition) is 0. The topological polar surface area (TPSA) is 17.1 Å². The van der Waals surface area contributed by atoms with Crippen LogP contribution in [0.4, 0.5) is 0 Å². The van der Waals surface area contributed by atoms with Crippen LogP contribution in [-0.2, 0) is 4.79 Å². The van der Waals surface area contributed by atoms with Gasteiger partial charge in [0, 0.05) is 18.1 Å². The van der Waals surface area contributed by atoms with E-state index in [1.807, 2.05) is 11.8 Å². The predicted molar refractivity (Wildman–Crippen MR) is 57.8 cm³/mol. The van der Waals surface area contributed by atoms with E-state index in [9.17, 15) is 4.79 Å². The molecule has 0 N–H and O–H groups in total. The molecule has 0 amide bonds. The van der Waals surface area contributed by atoms with Gasteiger partial charge in [-0.25, -0.2) is 0 Å². The summed E-state index contributed by atoms with van der Waals surface area (Å²) >= 11 is 1.82. The molecule has 13 heavy (non-hydrogen) atoms. The molecule has 0 aromatic heterocycles. The van der Waals surface area contributed by atoms with E-state index < -0.39 is 0 Å². The maximum atomic E-state index is 11.2. The Balaban J connectivity index is 2.04. The Hall–Kier alpha value is -0.420. The number of carbonyl (C=O) groups excluding carboxylic acids is 1. The SMILES string of the molecule is C#CCCC(=O)CSC1CCCC1. The Labute approximate surface area is 84.7 Å². The van der Waals surface area contributed by atoms with Crippen LogP contribution in [0, 0.1) is 12.3 Å². The molecule has 1 aliphatic carbocycles. The highest BCUT2D eigenvalue weighted by Gasteiger charge is 2.16. The molecule has 0 atom stereocenters. The summed E-state index contributed by atoms with van der Waals surface area (Å²) in [5.41, 5.74) is 0. The maximum absolute atomic E-state index is 11.2. The van der Waals surface area contributed by atoms with Gasteiger partial charge in [0.1, 0.15) is 5.78 Å². The third-order valence-corrected chi connectivity index (χ3v) is 3.76. The Kier molecular flexibility index (Phi) is 5.00. The molecule has 0 aromatic carbocycles. The van der Waals surface area contributed by atoms with Gasteiger partial charge in [-0.3, -0.25) is 4.79 Å². The summed E-state index contributed by atoms with van der Waals surface area (Å²) < 4.78 is 0. The fourth-order valence-corrected chi connectivity index (χ4v) is 2.78. The van der Waals surface area contributed by atoms with Gasteiger partial charge in [0.25, 0.3) is 0 Å². The second-order valence-corrected chi connectivity index (χ2v) is 4.75. The largest absolute Gasteiger partial charge is 0.299 e. The Morgan fingerprint density at radius 3 is 2.77 bits per heavy atom. The van der Waals surface area contributed by atoms with Crippen LogP contribution >= 0.6 is 11.8 Å². The lowest BCUT2D eigenvalue weighted by atomic mass is 10.2. The van der Waals surface area contributed by atoms with Crippen LogP contribution in [0.3, 0.4) is 0 Å². The van der Waals surface area contributed by atoms with Crippen molar-refractivity contribution in [3.63, 3.8) is 0 Å². The van der Waals surface area contributed by atoms with Crippen LogP contribution in [0.25, 0.3) is 0 Å². The van der Waals surface area contributed by atoms with E-state index in [0.29, 0.717) is 24.4 Å². The van der Waals surface area contributed by atoms with Crippen LogP contribution in [0.2, 0.25) is 0 Å². The van der Waals surface area contributed by atoms with Crippen molar-refractivity contribution in [1.29, 1.82) is 0 Å². The fourth-order valence-electron chi connectivity index (χ4n) is 1.55. The normalized spacial score (nSPS) is 17.2. The molecule has 1 nitrogen and oxygen atoms in total. The average Bonchev–Trinajstić information content (AvgIpc) is 2.64. The van der Waals surface area contributed by atoms with Crippen molar-refractivity contribution in [3.05, 3.63) is 0 Å². The number of rotatable bonds is 5. The molecular formula is C11H16OS. The van der Waals surface area contributed by atoms with Gasteiger partial charge in [-0.05, 0) is 12.8 Å². The van der Waals surface area contributed by atoms with Gasteiger partial charge >= 0.3 is 0 Å². The Morgan fingerprint density at radius 1 is 1.46 bits per heavy atom. The molecule has 0 aliphatic heterocycles. The molecule has 0 bridgehead atoms. The molecule has 0 unspecified atom stereocenters. The van der Waals surface area contributed by atoms with Crippen LogP contribution < -0.4 is 0 Å². The summed E-state index contributed by atoms with van der Waals surface area (Å²) in [7, 11) is 0. The Morgan fingerprint density at radius 2 is 2.15 bits per heavy atom. The number of hydrogen-bond acceptors (Lipinski definition) is 2. The number of terminal acetylenes is 1. The zero-order chi connectivity index (χ0) is 9.52. The average molecular weight is 196 g/mol. The number of ketones is 1. The van der Waals surface area contributed by atoms with Crippen LogP contribution in [0.15, 0.2) is 0 Å². The summed E-state index contributed by atoms with van der Waals surface area (Å²) in [6.07, 6.45) is 11.5. The van der Waals surface area contributed by atoms with Gasteiger partial charge in [-0.1, -0.05) is 12.8 Å². The lowest BCUT2D eigenvalue weighted by molar-refractivity contribution is -0.116. The van der Waals surface area contributed by atoms with Crippen LogP contribution in [0.1, 0.15) is 38.5 Å². The summed E-state index contributed by atoms with van der Waals surface area (Å²) in [5.74, 6) is 3.48. The molecule has 0 spiro atoms. The van der Waals surface area contributed by atoms with Crippen LogP contribution in [-0.4, -0.2) is 16.8 Å². The summed E-state index contributed by atoms with van der Waals surface area (Å²) in [4.78, 5) is 11.2. The van der Waals surface area contributed by atoms with Crippen molar-refractivity contribution in [3.8, 4) is 12.3 Å². The highest BCUT2D eigenvalue weighted by molar-refractivity contribution is 8.00. The Bertz CT molecular complexity index is 199. The molecule has 2 heteroatoms. The minimum absolute atomic E-state index is 0.315. The lowest BCUT2D eigenvalue weighted by Gasteiger charge is -2.06. The third-order valence-electron chi connectivity index (χ3n) is 2.33. The van der Waals surface area contributed by atoms with Gasteiger partial charge in [0.15, 0.2) is 0 Å². The van der Waals surface area contributed by atoms with Crippen LogP contribution in [0.5, 0.6) is 0 Å². The van der Waals surface area contributed by atoms with E-state index in [4.69, 9.17) is 6.42 Å². The molecule has 0 aromatic rings. The van der Waals surface area contributed by atoms with E-state index in [1.165, 1.54) is 25.7 Å². The quantitative estimate of drug-likeness (QED) is 0.629. The van der Waals surface area contributed by atoms with Crippen molar-refractivity contribution in [2.24, 2.45) is 0 Å². The van der Waals surface area contributed by atoms with E-state index in [0.717, 1.165) is 5.25 Å². The molecule has 1 aliphatic rings. The number of Topliss-reactive ketones (excluding diaryl/α,β-unsaturated/α-hetero) is 1. The molecule has 1 fully saturated rings. The zero-order valence-corrected chi connectivity index (χ0v) is 8.74.